The summed E-state index contributed by atoms with van der Waals surface area (Å²) in [5, 5.41) is 9.80. The molecule has 0 heterocycles. The molecule has 3 amide bonds. The fraction of sp³-hybridized carbons (Fsp3) is 0.870. The van der Waals surface area contributed by atoms with E-state index in [0.717, 1.165) is 38.5 Å². The summed E-state index contributed by atoms with van der Waals surface area (Å²) in [5.41, 5.74) is 4.80. The monoisotopic (exact) mass is 485 g/mol. The topological polar surface area (TPSA) is 147 Å². The Hall–Kier alpha value is -1.68. The molecule has 0 unspecified atom stereocenters. The van der Waals surface area contributed by atoms with Crippen molar-refractivity contribution >= 4 is 27.7 Å². The van der Waals surface area contributed by atoms with Crippen molar-refractivity contribution in [2.24, 2.45) is 28.9 Å². The maximum absolute atomic E-state index is 12.6. The minimum absolute atomic E-state index is 0.134. The standard InChI is InChI=1S/C23H39N3O6S/c1-22(9-10-22)33(31,32)25-21(30)23(2)14-15(23)8-6-4-5-7-11-26(3)20(29)18-13-16(27)12-17(18)19(24)28/h15-18,27H,4-14H2,1-3H3,(H2,24,28)(H,25,30)/t15-,16-,17-,18-,23+/m1/s1. The summed E-state index contributed by atoms with van der Waals surface area (Å²) in [6.07, 6.45) is 6.38. The molecule has 9 nitrogen and oxygen atoms in total. The molecule has 3 aliphatic carbocycles. The molecule has 4 N–H and O–H groups in total. The number of carbonyl (C=O) groups excluding carboxylic acids is 3. The van der Waals surface area contributed by atoms with Gasteiger partial charge >= 0.3 is 0 Å². The van der Waals surface area contributed by atoms with Gasteiger partial charge in [-0.2, -0.15) is 0 Å². The van der Waals surface area contributed by atoms with Crippen molar-refractivity contribution in [2.45, 2.75) is 88.9 Å². The number of aliphatic hydroxyl groups is 1. The summed E-state index contributed by atoms with van der Waals surface area (Å²) < 4.78 is 26.1. The Morgan fingerprint density at radius 2 is 1.67 bits per heavy atom. The Labute approximate surface area is 196 Å². The van der Waals surface area contributed by atoms with Gasteiger partial charge in [0.1, 0.15) is 0 Å². The van der Waals surface area contributed by atoms with Crippen molar-refractivity contribution in [1.29, 1.82) is 0 Å². The minimum atomic E-state index is -3.59. The van der Waals surface area contributed by atoms with E-state index in [1.807, 2.05) is 6.92 Å². The van der Waals surface area contributed by atoms with Crippen LogP contribution in [0.15, 0.2) is 0 Å². The Bertz CT molecular complexity index is 887. The molecule has 0 bridgehead atoms. The van der Waals surface area contributed by atoms with Gasteiger partial charge in [-0.1, -0.05) is 26.2 Å². The van der Waals surface area contributed by atoms with Crippen LogP contribution in [0.4, 0.5) is 0 Å². The van der Waals surface area contributed by atoms with Gasteiger partial charge in [-0.25, -0.2) is 8.42 Å². The lowest BCUT2D eigenvalue weighted by atomic mass is 9.94. The summed E-state index contributed by atoms with van der Waals surface area (Å²) in [7, 11) is -1.87. The molecule has 3 saturated carbocycles. The van der Waals surface area contributed by atoms with Crippen LogP contribution in [0, 0.1) is 23.2 Å². The first-order valence-corrected chi connectivity index (χ1v) is 13.6. The smallest absolute Gasteiger partial charge is 0.240 e. The summed E-state index contributed by atoms with van der Waals surface area (Å²) in [5.74, 6) is -1.95. The van der Waals surface area contributed by atoms with Gasteiger partial charge in [0.2, 0.25) is 27.7 Å². The molecule has 188 valence electrons. The highest BCUT2D eigenvalue weighted by Crippen LogP contribution is 2.55. The third kappa shape index (κ3) is 5.70. The number of nitrogens with zero attached hydrogens (tertiary/aromatic N) is 1. The second-order valence-electron chi connectivity index (χ2n) is 10.9. The van der Waals surface area contributed by atoms with E-state index in [-0.39, 0.29) is 30.6 Å². The van der Waals surface area contributed by atoms with Crippen molar-refractivity contribution in [3.63, 3.8) is 0 Å². The summed E-state index contributed by atoms with van der Waals surface area (Å²) >= 11 is 0. The van der Waals surface area contributed by atoms with E-state index in [9.17, 15) is 27.9 Å². The zero-order chi connectivity index (χ0) is 24.6. The predicted molar refractivity (Wildman–Crippen MR) is 123 cm³/mol. The third-order valence-corrected chi connectivity index (χ3v) is 10.3. The molecule has 33 heavy (non-hydrogen) atoms. The van der Waals surface area contributed by atoms with Crippen LogP contribution in [0.3, 0.4) is 0 Å². The quantitative estimate of drug-likeness (QED) is 0.355. The highest BCUT2D eigenvalue weighted by atomic mass is 32.2. The number of aliphatic hydroxyl groups excluding tert-OH is 1. The van der Waals surface area contributed by atoms with E-state index < -0.39 is 44.0 Å². The van der Waals surface area contributed by atoms with Gasteiger partial charge in [-0.15, -0.1) is 0 Å². The summed E-state index contributed by atoms with van der Waals surface area (Å²) in [6, 6.07) is 0. The molecule has 3 fully saturated rings. The molecule has 10 heteroatoms. The first-order valence-electron chi connectivity index (χ1n) is 12.1. The molecule has 3 aliphatic rings. The molecule has 5 atom stereocenters. The maximum atomic E-state index is 12.6. The molecule has 0 aromatic carbocycles. The Kier molecular flexibility index (Phi) is 7.48. The van der Waals surface area contributed by atoms with E-state index in [2.05, 4.69) is 4.72 Å². The van der Waals surface area contributed by atoms with Crippen LogP contribution in [0.2, 0.25) is 0 Å². The van der Waals surface area contributed by atoms with Gasteiger partial charge in [0.25, 0.3) is 0 Å². The largest absolute Gasteiger partial charge is 0.393 e. The van der Waals surface area contributed by atoms with E-state index in [1.54, 1.807) is 18.9 Å². The van der Waals surface area contributed by atoms with Gasteiger partial charge in [-0.3, -0.25) is 19.1 Å². The third-order valence-electron chi connectivity index (χ3n) is 8.15. The number of hydrogen-bond acceptors (Lipinski definition) is 6. The molecule has 0 aliphatic heterocycles. The fourth-order valence-electron chi connectivity index (χ4n) is 5.04. The lowest BCUT2D eigenvalue weighted by Gasteiger charge is -2.23. The van der Waals surface area contributed by atoms with E-state index >= 15 is 0 Å². The minimum Gasteiger partial charge on any atom is -0.393 e. The normalized spacial score (nSPS) is 32.2. The molecule has 0 saturated heterocycles. The first kappa shape index (κ1) is 25.9. The Morgan fingerprint density at radius 3 is 2.27 bits per heavy atom. The molecule has 0 aromatic rings. The van der Waals surface area contributed by atoms with Crippen LogP contribution in [0.25, 0.3) is 0 Å². The average molecular weight is 486 g/mol. The van der Waals surface area contributed by atoms with Crippen molar-refractivity contribution in [2.75, 3.05) is 13.6 Å². The van der Waals surface area contributed by atoms with Crippen LogP contribution in [0.1, 0.15) is 78.1 Å². The number of unbranched alkanes of at least 4 members (excludes halogenated alkanes) is 3. The van der Waals surface area contributed by atoms with E-state index in [1.165, 1.54) is 0 Å². The lowest BCUT2D eigenvalue weighted by molar-refractivity contribution is -0.139. The number of nitrogens with two attached hydrogens (primary N) is 1. The predicted octanol–water partition coefficient (Wildman–Crippen LogP) is 1.29. The van der Waals surface area contributed by atoms with Crippen LogP contribution in [-0.2, 0) is 24.4 Å². The van der Waals surface area contributed by atoms with Crippen LogP contribution < -0.4 is 10.5 Å². The number of rotatable bonds is 12. The van der Waals surface area contributed by atoms with Crippen molar-refractivity contribution in [3.05, 3.63) is 0 Å². The van der Waals surface area contributed by atoms with Crippen LogP contribution >= 0.6 is 0 Å². The highest BCUT2D eigenvalue weighted by molar-refractivity contribution is 7.91. The first-order chi connectivity index (χ1) is 15.3. The number of hydrogen-bond donors (Lipinski definition) is 3. The number of nitrogens with one attached hydrogen (secondary N) is 1. The number of amides is 3. The zero-order valence-corrected chi connectivity index (χ0v) is 20.8. The highest BCUT2D eigenvalue weighted by Gasteiger charge is 2.58. The molecule has 3 rings (SSSR count). The molecule has 0 aromatic heterocycles. The van der Waals surface area contributed by atoms with Gasteiger partial charge in [0.15, 0.2) is 0 Å². The number of sulfonamides is 1. The maximum Gasteiger partial charge on any atom is 0.240 e. The van der Waals surface area contributed by atoms with Crippen molar-refractivity contribution in [3.8, 4) is 0 Å². The van der Waals surface area contributed by atoms with Gasteiger partial charge in [0.05, 0.1) is 28.1 Å². The van der Waals surface area contributed by atoms with Gasteiger partial charge in [0, 0.05) is 13.6 Å². The van der Waals surface area contributed by atoms with Gasteiger partial charge in [-0.05, 0) is 57.8 Å². The van der Waals surface area contributed by atoms with Gasteiger partial charge < -0.3 is 15.7 Å². The van der Waals surface area contributed by atoms with Crippen molar-refractivity contribution < 1.29 is 27.9 Å². The summed E-state index contributed by atoms with van der Waals surface area (Å²) in [6.45, 7) is 4.10. The Balaban J connectivity index is 1.31. The summed E-state index contributed by atoms with van der Waals surface area (Å²) in [4.78, 5) is 38.4. The van der Waals surface area contributed by atoms with E-state index in [4.69, 9.17) is 5.73 Å². The van der Waals surface area contributed by atoms with Crippen LogP contribution in [0.5, 0.6) is 0 Å². The second kappa shape index (κ2) is 9.52. The lowest BCUT2D eigenvalue weighted by Crippen LogP contribution is -2.42. The zero-order valence-electron chi connectivity index (χ0n) is 20.0. The second-order valence-corrected chi connectivity index (χ2v) is 13.1. The van der Waals surface area contributed by atoms with E-state index in [0.29, 0.717) is 19.4 Å². The number of primary amides is 1. The van der Waals surface area contributed by atoms with Crippen LogP contribution in [-0.4, -0.2) is 60.6 Å². The fourth-order valence-corrected chi connectivity index (χ4v) is 6.41. The SMILES string of the molecule is CN(CCCCCC[C@@H]1C[C@]1(C)C(=O)NS(=O)(=O)C1(C)CC1)C(=O)[C@@H]1C[C@H](O)C[C@H]1C(N)=O. The number of carbonyl (C=O) groups is 3. The average Bonchev–Trinajstić information content (AvgIpc) is 3.60. The van der Waals surface area contributed by atoms with Crippen molar-refractivity contribution in [1.82, 2.24) is 9.62 Å². The molecular formula is C23H39N3O6S. The molecule has 0 radical (unpaired) electrons. The molecular weight excluding hydrogens is 446 g/mol. The molecule has 0 spiro atoms. The Morgan fingerprint density at radius 1 is 1.06 bits per heavy atom.